The van der Waals surface area contributed by atoms with Gasteiger partial charge in [-0.2, -0.15) is 0 Å². The van der Waals surface area contributed by atoms with Gasteiger partial charge in [0.2, 0.25) is 5.91 Å². The van der Waals surface area contributed by atoms with Crippen LogP contribution in [0.4, 0.5) is 0 Å². The van der Waals surface area contributed by atoms with Crippen molar-refractivity contribution in [1.82, 2.24) is 10.3 Å². The van der Waals surface area contributed by atoms with Gasteiger partial charge in [-0.25, -0.2) is 0 Å². The minimum atomic E-state index is -0.567. The van der Waals surface area contributed by atoms with E-state index < -0.39 is 5.41 Å². The Bertz CT molecular complexity index is 902. The summed E-state index contributed by atoms with van der Waals surface area (Å²) in [6, 6.07) is 9.99. The number of nitrogens with zero attached hydrogens (tertiary/aromatic N) is 1. The SMILES string of the molecule is CNC1CCC(Cc2cc(-c3ccnc(C(C)=O)c3)ccc2OC)(C(N)=O)CC1. The van der Waals surface area contributed by atoms with Crippen molar-refractivity contribution in [2.75, 3.05) is 14.2 Å². The predicted molar refractivity (Wildman–Crippen MR) is 113 cm³/mol. The van der Waals surface area contributed by atoms with Gasteiger partial charge < -0.3 is 15.8 Å². The van der Waals surface area contributed by atoms with Gasteiger partial charge in [0.25, 0.3) is 0 Å². The minimum absolute atomic E-state index is 0.0745. The van der Waals surface area contributed by atoms with Gasteiger partial charge in [-0.05, 0) is 80.1 Å². The van der Waals surface area contributed by atoms with Crippen molar-refractivity contribution >= 4 is 11.7 Å². The van der Waals surface area contributed by atoms with Gasteiger partial charge in [0.05, 0.1) is 12.5 Å². The number of Topliss-reactive ketones (excluding diaryl/α,β-unsaturated/α-hetero) is 1. The number of amides is 1. The summed E-state index contributed by atoms with van der Waals surface area (Å²) in [6.45, 7) is 1.50. The number of methoxy groups -OCH3 is 1. The molecular weight excluding hydrogens is 366 g/mol. The summed E-state index contributed by atoms with van der Waals surface area (Å²) in [4.78, 5) is 28.3. The molecule has 0 radical (unpaired) electrons. The van der Waals surface area contributed by atoms with Gasteiger partial charge in [-0.1, -0.05) is 6.07 Å². The molecule has 1 aliphatic rings. The molecule has 1 amide bonds. The fourth-order valence-electron chi connectivity index (χ4n) is 4.23. The second-order valence-electron chi connectivity index (χ2n) is 7.90. The molecule has 3 N–H and O–H groups in total. The van der Waals surface area contributed by atoms with Crippen molar-refractivity contribution in [3.63, 3.8) is 0 Å². The third-order valence-corrected chi connectivity index (χ3v) is 6.14. The van der Waals surface area contributed by atoms with Crippen molar-refractivity contribution in [2.24, 2.45) is 11.1 Å². The Labute approximate surface area is 171 Å². The first kappa shape index (κ1) is 21.0. The maximum absolute atomic E-state index is 12.5. The number of carbonyl (C=O) groups is 2. The molecule has 3 rings (SSSR count). The Morgan fingerprint density at radius 2 is 1.90 bits per heavy atom. The molecular formula is C23H29N3O3. The van der Waals surface area contributed by atoms with Gasteiger partial charge >= 0.3 is 0 Å². The van der Waals surface area contributed by atoms with Gasteiger partial charge in [0.15, 0.2) is 5.78 Å². The van der Waals surface area contributed by atoms with Gasteiger partial charge in [-0.15, -0.1) is 0 Å². The predicted octanol–water partition coefficient (Wildman–Crippen LogP) is 3.14. The highest BCUT2D eigenvalue weighted by Gasteiger charge is 2.40. The van der Waals surface area contributed by atoms with E-state index in [2.05, 4.69) is 10.3 Å². The molecule has 1 aromatic carbocycles. The molecule has 0 spiro atoms. The molecule has 1 heterocycles. The summed E-state index contributed by atoms with van der Waals surface area (Å²) in [6.07, 6.45) is 5.54. The van der Waals surface area contributed by atoms with Crippen LogP contribution in [0.25, 0.3) is 11.1 Å². The molecule has 154 valence electrons. The first-order valence-electron chi connectivity index (χ1n) is 10.00. The Morgan fingerprint density at radius 1 is 1.21 bits per heavy atom. The number of primary amides is 1. The maximum atomic E-state index is 12.5. The van der Waals surface area contributed by atoms with Crippen LogP contribution in [0.3, 0.4) is 0 Å². The molecule has 6 heteroatoms. The van der Waals surface area contributed by atoms with Crippen molar-refractivity contribution in [2.45, 2.75) is 45.1 Å². The number of hydrogen-bond donors (Lipinski definition) is 2. The number of carbonyl (C=O) groups excluding carboxylic acids is 2. The number of hydrogen-bond acceptors (Lipinski definition) is 5. The third-order valence-electron chi connectivity index (χ3n) is 6.14. The number of nitrogens with two attached hydrogens (primary N) is 1. The standard InChI is InChI=1S/C23H29N3O3/c1-15(27)20-13-17(8-11-26-20)16-4-5-21(29-3)18(12-16)14-23(22(24)28)9-6-19(25-2)7-10-23/h4-5,8,11-13,19,25H,6-7,9-10,14H2,1-3H3,(H2,24,28). The quantitative estimate of drug-likeness (QED) is 0.703. The first-order valence-corrected chi connectivity index (χ1v) is 10.00. The summed E-state index contributed by atoms with van der Waals surface area (Å²) < 4.78 is 5.58. The van der Waals surface area contributed by atoms with Crippen molar-refractivity contribution < 1.29 is 14.3 Å². The Hall–Kier alpha value is -2.73. The lowest BCUT2D eigenvalue weighted by molar-refractivity contribution is -0.129. The second kappa shape index (κ2) is 8.74. The average Bonchev–Trinajstić information content (AvgIpc) is 2.74. The Kier molecular flexibility index (Phi) is 6.33. The molecule has 2 aromatic rings. The maximum Gasteiger partial charge on any atom is 0.223 e. The molecule has 1 saturated carbocycles. The largest absolute Gasteiger partial charge is 0.496 e. The van der Waals surface area contributed by atoms with Crippen molar-refractivity contribution in [3.05, 3.63) is 47.8 Å². The van der Waals surface area contributed by atoms with Crippen LogP contribution in [0.15, 0.2) is 36.5 Å². The van der Waals surface area contributed by atoms with Gasteiger partial charge in [-0.3, -0.25) is 14.6 Å². The van der Waals surface area contributed by atoms with Crippen LogP contribution in [0.1, 0.15) is 48.7 Å². The number of ether oxygens (including phenoxy) is 1. The normalized spacial score (nSPS) is 21.6. The molecule has 1 aliphatic carbocycles. The van der Waals surface area contributed by atoms with E-state index in [-0.39, 0.29) is 11.7 Å². The number of aromatic nitrogens is 1. The molecule has 0 bridgehead atoms. The number of ketones is 1. The summed E-state index contributed by atoms with van der Waals surface area (Å²) in [5, 5.41) is 3.30. The van der Waals surface area contributed by atoms with E-state index in [1.54, 1.807) is 19.4 Å². The summed E-state index contributed by atoms with van der Waals surface area (Å²) in [7, 11) is 3.59. The minimum Gasteiger partial charge on any atom is -0.496 e. The number of pyridine rings is 1. The van der Waals surface area contributed by atoms with Crippen LogP contribution >= 0.6 is 0 Å². The van der Waals surface area contributed by atoms with Gasteiger partial charge in [0, 0.05) is 19.2 Å². The van der Waals surface area contributed by atoms with E-state index in [1.165, 1.54) is 6.92 Å². The lowest BCUT2D eigenvalue weighted by Gasteiger charge is -2.38. The van der Waals surface area contributed by atoms with Gasteiger partial charge in [0.1, 0.15) is 11.4 Å². The molecule has 0 aliphatic heterocycles. The topological polar surface area (TPSA) is 94.3 Å². The van der Waals surface area contributed by atoms with Crippen molar-refractivity contribution in [3.8, 4) is 16.9 Å². The van der Waals surface area contributed by atoms with Crippen LogP contribution in [0.5, 0.6) is 5.75 Å². The average molecular weight is 396 g/mol. The van der Waals surface area contributed by atoms with E-state index in [9.17, 15) is 9.59 Å². The summed E-state index contributed by atoms with van der Waals surface area (Å²) >= 11 is 0. The van der Waals surface area contributed by atoms with Crippen LogP contribution < -0.4 is 15.8 Å². The zero-order valence-corrected chi connectivity index (χ0v) is 17.3. The molecule has 29 heavy (non-hydrogen) atoms. The molecule has 1 fully saturated rings. The van der Waals surface area contributed by atoms with E-state index in [0.717, 1.165) is 48.1 Å². The molecule has 1 aromatic heterocycles. The Morgan fingerprint density at radius 3 is 2.48 bits per heavy atom. The lowest BCUT2D eigenvalue weighted by atomic mass is 9.68. The second-order valence-corrected chi connectivity index (χ2v) is 7.90. The molecule has 0 unspecified atom stereocenters. The fourth-order valence-corrected chi connectivity index (χ4v) is 4.23. The van der Waals surface area contributed by atoms with Crippen LogP contribution in [-0.4, -0.2) is 36.9 Å². The highest BCUT2D eigenvalue weighted by atomic mass is 16.5. The van der Waals surface area contributed by atoms with Crippen LogP contribution in [0.2, 0.25) is 0 Å². The highest BCUT2D eigenvalue weighted by molar-refractivity contribution is 5.93. The number of nitrogens with one attached hydrogen (secondary N) is 1. The lowest BCUT2D eigenvalue weighted by Crippen LogP contribution is -2.45. The monoisotopic (exact) mass is 395 g/mol. The zero-order chi connectivity index (χ0) is 21.0. The van der Waals surface area contributed by atoms with E-state index >= 15 is 0 Å². The molecule has 0 saturated heterocycles. The smallest absolute Gasteiger partial charge is 0.223 e. The summed E-state index contributed by atoms with van der Waals surface area (Å²) in [5.41, 5.74) is 8.56. The first-order chi connectivity index (χ1) is 13.9. The number of rotatable bonds is 7. The van der Waals surface area contributed by atoms with E-state index in [4.69, 9.17) is 10.5 Å². The molecule has 0 atom stereocenters. The van der Waals surface area contributed by atoms with E-state index in [1.807, 2.05) is 31.3 Å². The highest BCUT2D eigenvalue weighted by Crippen LogP contribution is 2.41. The Balaban J connectivity index is 1.96. The number of benzene rings is 1. The summed E-state index contributed by atoms with van der Waals surface area (Å²) in [5.74, 6) is 0.419. The van der Waals surface area contributed by atoms with Crippen LogP contribution in [0, 0.1) is 5.41 Å². The fraction of sp³-hybridized carbons (Fsp3) is 0.435. The zero-order valence-electron chi connectivity index (χ0n) is 17.3. The third kappa shape index (κ3) is 4.48. The van der Waals surface area contributed by atoms with E-state index in [0.29, 0.717) is 18.2 Å². The molecule has 6 nitrogen and oxygen atoms in total. The van der Waals surface area contributed by atoms with Crippen molar-refractivity contribution in [1.29, 1.82) is 0 Å². The van der Waals surface area contributed by atoms with Crippen LogP contribution in [-0.2, 0) is 11.2 Å².